The van der Waals surface area contributed by atoms with Crippen molar-refractivity contribution in [1.82, 2.24) is 35.4 Å². The second-order valence-corrected chi connectivity index (χ2v) is 12.8. The zero-order valence-corrected chi connectivity index (χ0v) is 27.5. The van der Waals surface area contributed by atoms with Gasteiger partial charge in [-0.15, -0.1) is 5.10 Å². The summed E-state index contributed by atoms with van der Waals surface area (Å²) in [6.07, 6.45) is 2.76. The van der Waals surface area contributed by atoms with Gasteiger partial charge in [-0.1, -0.05) is 17.3 Å². The van der Waals surface area contributed by atoms with Crippen LogP contribution in [0.15, 0.2) is 42.6 Å². The molecule has 3 aromatic rings. The summed E-state index contributed by atoms with van der Waals surface area (Å²) < 4.78 is 1.29. The molecule has 2 fully saturated rings. The van der Waals surface area contributed by atoms with Crippen LogP contribution < -0.4 is 21.3 Å². The number of nitrogens with zero attached hydrogens (tertiary/aromatic N) is 5. The molecule has 2 atom stereocenters. The average molecular weight is 710 g/mol. The number of hydrogen-bond donors (Lipinski definition) is 4. The van der Waals surface area contributed by atoms with Crippen molar-refractivity contribution in [3.05, 3.63) is 70.5 Å². The topological polar surface area (TPSA) is 239 Å². The second-order valence-electron chi connectivity index (χ2n) is 12.8. The van der Waals surface area contributed by atoms with Gasteiger partial charge in [0.25, 0.3) is 17.7 Å². The molecule has 4 N–H and O–H groups in total. The summed E-state index contributed by atoms with van der Waals surface area (Å²) in [6.45, 7) is -0.153. The number of carbonyl (C=O) groups excluding carboxylic acids is 9. The number of anilines is 2. The molecule has 7 rings (SSSR count). The maximum absolute atomic E-state index is 13.3. The Hall–Kier alpha value is -6.59. The van der Waals surface area contributed by atoms with Gasteiger partial charge in [-0.3, -0.25) is 58.7 Å². The fourth-order valence-corrected chi connectivity index (χ4v) is 6.83. The zero-order valence-electron chi connectivity index (χ0n) is 27.5. The van der Waals surface area contributed by atoms with E-state index in [1.807, 2.05) is 0 Å². The summed E-state index contributed by atoms with van der Waals surface area (Å²) >= 11 is 0. The van der Waals surface area contributed by atoms with E-state index in [-0.39, 0.29) is 79.7 Å². The molecule has 0 bridgehead atoms. The molecule has 2 unspecified atom stereocenters. The Kier molecular flexibility index (Phi) is 8.87. The number of hydrogen-bond acceptors (Lipinski definition) is 11. The van der Waals surface area contributed by atoms with Gasteiger partial charge >= 0.3 is 0 Å². The predicted molar refractivity (Wildman–Crippen MR) is 176 cm³/mol. The number of carbonyl (C=O) groups is 9. The molecule has 0 spiro atoms. The monoisotopic (exact) mass is 709 g/mol. The van der Waals surface area contributed by atoms with Crippen molar-refractivity contribution in [3.63, 3.8) is 0 Å². The standard InChI is InChI=1S/C34H31N9O9/c44-25(35-21-7-2-5-18-20(21)15-42(32(18)50)23-10-12-26(45)37-30(23)48)9-1-4-17-14-41(40-39-17)16-28(47)36-22-8-3-6-19-29(22)34(52)43(33(19)51)24-11-13-27(46)38-31(24)49/h2-3,5-8,14,23-24H,1,4,9-13,15-16H2,(H,35,44)(H,36,47)(H,37,45,48)(H,38,46,49). The smallest absolute Gasteiger partial charge is 0.264 e. The van der Waals surface area contributed by atoms with Crippen LogP contribution in [-0.4, -0.2) is 90.0 Å². The molecule has 52 heavy (non-hydrogen) atoms. The van der Waals surface area contributed by atoms with Gasteiger partial charge in [0, 0.05) is 48.8 Å². The first-order valence-corrected chi connectivity index (χ1v) is 16.6. The Bertz CT molecular complexity index is 2110. The minimum atomic E-state index is -1.14. The van der Waals surface area contributed by atoms with Crippen molar-refractivity contribution in [2.45, 2.75) is 70.1 Å². The number of rotatable bonds is 10. The van der Waals surface area contributed by atoms with Crippen LogP contribution in [0.5, 0.6) is 0 Å². The lowest BCUT2D eigenvalue weighted by Gasteiger charge is -2.29. The molecule has 18 heteroatoms. The third kappa shape index (κ3) is 6.40. The van der Waals surface area contributed by atoms with E-state index < -0.39 is 47.5 Å². The van der Waals surface area contributed by atoms with Crippen LogP contribution in [0.3, 0.4) is 0 Å². The molecule has 4 aliphatic rings. The fourth-order valence-electron chi connectivity index (χ4n) is 6.83. The van der Waals surface area contributed by atoms with Crippen LogP contribution in [0.4, 0.5) is 11.4 Å². The average Bonchev–Trinajstić information content (AvgIpc) is 3.76. The first-order chi connectivity index (χ1) is 25.0. The van der Waals surface area contributed by atoms with E-state index >= 15 is 0 Å². The van der Waals surface area contributed by atoms with Gasteiger partial charge in [-0.05, 0) is 49.9 Å². The molecular formula is C34H31N9O9. The fraction of sp³-hybridized carbons (Fsp3) is 0.324. The molecule has 2 saturated heterocycles. The van der Waals surface area contributed by atoms with Crippen molar-refractivity contribution in [3.8, 4) is 0 Å². The lowest BCUT2D eigenvalue weighted by atomic mass is 10.0. The largest absolute Gasteiger partial charge is 0.326 e. The molecule has 2 aromatic carbocycles. The van der Waals surface area contributed by atoms with Crippen molar-refractivity contribution >= 4 is 64.5 Å². The van der Waals surface area contributed by atoms with Crippen molar-refractivity contribution in [1.29, 1.82) is 0 Å². The maximum atomic E-state index is 13.3. The van der Waals surface area contributed by atoms with Crippen LogP contribution in [0.2, 0.25) is 0 Å². The Morgan fingerprint density at radius 1 is 0.769 bits per heavy atom. The highest BCUT2D eigenvalue weighted by molar-refractivity contribution is 6.26. The van der Waals surface area contributed by atoms with Gasteiger partial charge in [0.2, 0.25) is 35.4 Å². The molecule has 9 amide bonds. The van der Waals surface area contributed by atoms with Crippen LogP contribution in [0.25, 0.3) is 0 Å². The Morgan fingerprint density at radius 3 is 2.13 bits per heavy atom. The summed E-state index contributed by atoms with van der Waals surface area (Å²) in [4.78, 5) is 115. The summed E-state index contributed by atoms with van der Waals surface area (Å²) in [7, 11) is 0. The highest BCUT2D eigenvalue weighted by atomic mass is 16.2. The van der Waals surface area contributed by atoms with Crippen LogP contribution in [-0.2, 0) is 48.3 Å². The van der Waals surface area contributed by atoms with Crippen molar-refractivity contribution in [2.24, 2.45) is 0 Å². The summed E-state index contributed by atoms with van der Waals surface area (Å²) in [5.74, 6) is -4.77. The molecule has 0 radical (unpaired) electrons. The number of fused-ring (bicyclic) bond motifs is 2. The molecule has 4 aliphatic heterocycles. The maximum Gasteiger partial charge on any atom is 0.264 e. The third-order valence-electron chi connectivity index (χ3n) is 9.33. The van der Waals surface area contributed by atoms with Gasteiger partial charge in [0.15, 0.2) is 0 Å². The van der Waals surface area contributed by atoms with E-state index in [4.69, 9.17) is 0 Å². The van der Waals surface area contributed by atoms with E-state index in [1.165, 1.54) is 27.8 Å². The number of imide groups is 3. The molecular weight excluding hydrogens is 678 g/mol. The molecule has 1 aromatic heterocycles. The number of amides is 9. The number of nitrogens with one attached hydrogen (secondary N) is 4. The number of aromatic nitrogens is 3. The molecule has 0 saturated carbocycles. The van der Waals surface area contributed by atoms with Gasteiger partial charge < -0.3 is 15.5 Å². The Labute approximate surface area is 294 Å². The lowest BCUT2D eigenvalue weighted by molar-refractivity contribution is -0.138. The van der Waals surface area contributed by atoms with E-state index in [0.717, 1.165) is 4.90 Å². The Morgan fingerprint density at radius 2 is 1.42 bits per heavy atom. The summed E-state index contributed by atoms with van der Waals surface area (Å²) in [5, 5.41) is 17.9. The van der Waals surface area contributed by atoms with Crippen LogP contribution in [0, 0.1) is 0 Å². The first kappa shape index (κ1) is 33.9. The third-order valence-corrected chi connectivity index (χ3v) is 9.33. The van der Waals surface area contributed by atoms with Gasteiger partial charge in [-0.25, -0.2) is 4.68 Å². The first-order valence-electron chi connectivity index (χ1n) is 16.6. The number of piperidine rings is 2. The SMILES string of the molecule is O=C1CCC(N2Cc3c(NC(=O)CCCc4cn(CC(=O)Nc5cccc6c5C(=O)N(C5CCC(=O)NC5=O)C6=O)nn4)cccc3C2=O)C(=O)N1. The lowest BCUT2D eigenvalue weighted by Crippen LogP contribution is -2.54. The zero-order chi connectivity index (χ0) is 36.7. The van der Waals surface area contributed by atoms with Gasteiger partial charge in [0.05, 0.1) is 22.5 Å². The molecule has 0 aliphatic carbocycles. The number of benzene rings is 2. The van der Waals surface area contributed by atoms with Crippen molar-refractivity contribution < 1.29 is 43.2 Å². The normalized spacial score (nSPS) is 19.7. The number of aryl methyl sites for hydroxylation is 1. The molecule has 5 heterocycles. The van der Waals surface area contributed by atoms with E-state index in [0.29, 0.717) is 35.3 Å². The highest BCUT2D eigenvalue weighted by Crippen LogP contribution is 2.34. The quantitative estimate of drug-likeness (QED) is 0.205. The van der Waals surface area contributed by atoms with Gasteiger partial charge in [0.1, 0.15) is 18.6 Å². The van der Waals surface area contributed by atoms with E-state index in [9.17, 15) is 43.2 Å². The molecule has 18 nitrogen and oxygen atoms in total. The Balaban J connectivity index is 0.908. The minimum absolute atomic E-state index is 0.00113. The van der Waals surface area contributed by atoms with Crippen LogP contribution in [0.1, 0.15) is 80.9 Å². The van der Waals surface area contributed by atoms with Gasteiger partial charge in [-0.2, -0.15) is 0 Å². The summed E-state index contributed by atoms with van der Waals surface area (Å²) in [5.41, 5.74) is 2.01. The van der Waals surface area contributed by atoms with E-state index in [2.05, 4.69) is 31.6 Å². The predicted octanol–water partition coefficient (Wildman–Crippen LogP) is 0.0404. The highest BCUT2D eigenvalue weighted by Gasteiger charge is 2.46. The minimum Gasteiger partial charge on any atom is -0.326 e. The van der Waals surface area contributed by atoms with E-state index in [1.54, 1.807) is 24.4 Å². The van der Waals surface area contributed by atoms with Crippen molar-refractivity contribution in [2.75, 3.05) is 10.6 Å². The molecule has 266 valence electrons. The second kappa shape index (κ2) is 13.6. The summed E-state index contributed by atoms with van der Waals surface area (Å²) in [6, 6.07) is 7.43. The van der Waals surface area contributed by atoms with Crippen LogP contribution >= 0.6 is 0 Å².